The van der Waals surface area contributed by atoms with Gasteiger partial charge in [-0.2, -0.15) is 0 Å². The van der Waals surface area contributed by atoms with Gasteiger partial charge >= 0.3 is 12.0 Å². The van der Waals surface area contributed by atoms with Gasteiger partial charge < -0.3 is 15.7 Å². The zero-order valence-electron chi connectivity index (χ0n) is 11.6. The minimum absolute atomic E-state index is 0.0322. The van der Waals surface area contributed by atoms with E-state index in [1.54, 1.807) is 0 Å². The number of amides is 2. The molecule has 0 aliphatic rings. The second-order valence-corrected chi connectivity index (χ2v) is 4.95. The molecule has 0 heterocycles. The molecule has 1 aromatic carbocycles. The molecule has 0 aliphatic heterocycles. The summed E-state index contributed by atoms with van der Waals surface area (Å²) >= 11 is 5.75. The minimum atomic E-state index is -1.14. The van der Waals surface area contributed by atoms with Crippen LogP contribution in [0.2, 0.25) is 5.02 Å². The Labute approximate surface area is 123 Å². The molecule has 0 aromatic heterocycles. The van der Waals surface area contributed by atoms with Crippen LogP contribution < -0.4 is 10.6 Å². The monoisotopic (exact) mass is 298 g/mol. The average molecular weight is 299 g/mol. The van der Waals surface area contributed by atoms with Crippen LogP contribution in [0, 0.1) is 5.92 Å². The minimum Gasteiger partial charge on any atom is -0.478 e. The largest absolute Gasteiger partial charge is 0.478 e. The highest BCUT2D eigenvalue weighted by molar-refractivity contribution is 6.31. The van der Waals surface area contributed by atoms with Gasteiger partial charge in [0.15, 0.2) is 0 Å². The maximum atomic E-state index is 11.8. The molecular weight excluding hydrogens is 280 g/mol. The predicted octanol–water partition coefficient (Wildman–Crippen LogP) is 3.60. The first-order valence-electron chi connectivity index (χ1n) is 6.55. The Kier molecular flexibility index (Phi) is 6.31. The molecule has 1 aromatic rings. The molecule has 0 spiro atoms. The number of benzene rings is 1. The Morgan fingerprint density at radius 3 is 2.50 bits per heavy atom. The maximum Gasteiger partial charge on any atom is 0.337 e. The van der Waals surface area contributed by atoms with Crippen LogP contribution in [0.4, 0.5) is 10.5 Å². The normalized spacial score (nSPS) is 10.4. The highest BCUT2D eigenvalue weighted by Crippen LogP contribution is 2.20. The molecule has 2 amide bonds. The number of hydrogen-bond donors (Lipinski definition) is 3. The van der Waals surface area contributed by atoms with Gasteiger partial charge in [-0.15, -0.1) is 0 Å². The smallest absolute Gasteiger partial charge is 0.337 e. The highest BCUT2D eigenvalue weighted by atomic mass is 35.5. The van der Waals surface area contributed by atoms with Crippen molar-refractivity contribution >= 4 is 29.3 Å². The number of nitrogens with one attached hydrogen (secondary N) is 2. The number of carbonyl (C=O) groups is 2. The fourth-order valence-electron chi connectivity index (χ4n) is 1.78. The van der Waals surface area contributed by atoms with Crippen LogP contribution in [0.1, 0.15) is 37.0 Å². The number of carboxylic acids is 1. The number of anilines is 1. The van der Waals surface area contributed by atoms with Crippen LogP contribution in [-0.2, 0) is 0 Å². The van der Waals surface area contributed by atoms with Crippen molar-refractivity contribution in [1.82, 2.24) is 5.32 Å². The summed E-state index contributed by atoms with van der Waals surface area (Å²) < 4.78 is 0. The van der Waals surface area contributed by atoms with Crippen molar-refractivity contribution in [2.75, 3.05) is 11.9 Å². The molecule has 6 heteroatoms. The molecule has 0 fully saturated rings. The quantitative estimate of drug-likeness (QED) is 0.751. The van der Waals surface area contributed by atoms with Crippen LogP contribution in [0.15, 0.2) is 18.2 Å². The Morgan fingerprint density at radius 1 is 1.30 bits per heavy atom. The maximum absolute atomic E-state index is 11.8. The van der Waals surface area contributed by atoms with Gasteiger partial charge in [-0.05, 0) is 24.1 Å². The molecule has 0 saturated heterocycles. The SMILES string of the molecule is CCC(CC)CNC(=O)Nc1ccc(Cl)cc1C(=O)O. The van der Waals surface area contributed by atoms with E-state index in [1.165, 1.54) is 18.2 Å². The van der Waals surface area contributed by atoms with Gasteiger partial charge in [0.05, 0.1) is 11.3 Å². The van der Waals surface area contributed by atoms with Crippen molar-refractivity contribution < 1.29 is 14.7 Å². The first-order chi connectivity index (χ1) is 9.47. The van der Waals surface area contributed by atoms with Crippen LogP contribution in [0.5, 0.6) is 0 Å². The van der Waals surface area contributed by atoms with E-state index in [-0.39, 0.29) is 11.3 Å². The molecule has 5 nitrogen and oxygen atoms in total. The van der Waals surface area contributed by atoms with E-state index in [9.17, 15) is 9.59 Å². The zero-order chi connectivity index (χ0) is 15.1. The molecule has 0 radical (unpaired) electrons. The number of rotatable bonds is 6. The standard InChI is InChI=1S/C14H19ClN2O3/c1-3-9(4-2)8-16-14(20)17-12-6-5-10(15)7-11(12)13(18)19/h5-7,9H,3-4,8H2,1-2H3,(H,18,19)(H2,16,17,20). The first-order valence-corrected chi connectivity index (χ1v) is 6.93. The van der Waals surface area contributed by atoms with Gasteiger partial charge in [-0.1, -0.05) is 38.3 Å². The third-order valence-electron chi connectivity index (χ3n) is 3.17. The molecule has 0 unspecified atom stereocenters. The molecule has 0 atom stereocenters. The lowest BCUT2D eigenvalue weighted by molar-refractivity contribution is 0.0698. The first kappa shape index (κ1) is 16.3. The summed E-state index contributed by atoms with van der Waals surface area (Å²) in [7, 11) is 0. The lowest BCUT2D eigenvalue weighted by Crippen LogP contribution is -2.33. The van der Waals surface area contributed by atoms with Gasteiger partial charge in [0.1, 0.15) is 0 Å². The van der Waals surface area contributed by atoms with Crippen LogP contribution in [0.3, 0.4) is 0 Å². The number of carboxylic acid groups (broad SMARTS) is 1. The number of urea groups is 1. The summed E-state index contributed by atoms with van der Waals surface area (Å²) in [5.41, 5.74) is 0.194. The summed E-state index contributed by atoms with van der Waals surface area (Å²) in [5, 5.41) is 14.6. The second kappa shape index (κ2) is 7.75. The highest BCUT2D eigenvalue weighted by Gasteiger charge is 2.13. The van der Waals surface area contributed by atoms with Crippen molar-refractivity contribution in [1.29, 1.82) is 0 Å². The van der Waals surface area contributed by atoms with Crippen LogP contribution >= 0.6 is 11.6 Å². The lowest BCUT2D eigenvalue weighted by atomic mass is 10.0. The van der Waals surface area contributed by atoms with E-state index in [1.807, 2.05) is 0 Å². The molecular formula is C14H19ClN2O3. The number of hydrogen-bond acceptors (Lipinski definition) is 2. The van der Waals surface area contributed by atoms with E-state index in [2.05, 4.69) is 24.5 Å². The molecule has 0 bridgehead atoms. The van der Waals surface area contributed by atoms with Gasteiger partial charge in [0, 0.05) is 11.6 Å². The van der Waals surface area contributed by atoms with Crippen molar-refractivity contribution in [2.45, 2.75) is 26.7 Å². The fraction of sp³-hybridized carbons (Fsp3) is 0.429. The Hall–Kier alpha value is -1.75. The summed E-state index contributed by atoms with van der Waals surface area (Å²) in [6, 6.07) is 3.90. The molecule has 3 N–H and O–H groups in total. The third-order valence-corrected chi connectivity index (χ3v) is 3.40. The van der Waals surface area contributed by atoms with Crippen molar-refractivity contribution in [3.63, 3.8) is 0 Å². The van der Waals surface area contributed by atoms with Crippen molar-refractivity contribution in [3.05, 3.63) is 28.8 Å². The Morgan fingerprint density at radius 2 is 1.95 bits per heavy atom. The summed E-state index contributed by atoms with van der Waals surface area (Å²) in [6.45, 7) is 4.69. The van der Waals surface area contributed by atoms with Gasteiger partial charge in [0.2, 0.25) is 0 Å². The average Bonchev–Trinajstić information content (AvgIpc) is 2.41. The van der Waals surface area contributed by atoms with E-state index in [0.717, 1.165) is 12.8 Å². The van der Waals surface area contributed by atoms with E-state index in [0.29, 0.717) is 17.5 Å². The summed E-state index contributed by atoms with van der Waals surface area (Å²) in [5.74, 6) is -0.715. The molecule has 1 rings (SSSR count). The predicted molar refractivity (Wildman–Crippen MR) is 79.5 cm³/mol. The Balaban J connectivity index is 2.68. The molecule has 110 valence electrons. The molecule has 0 aliphatic carbocycles. The van der Waals surface area contributed by atoms with Gasteiger partial charge in [-0.3, -0.25) is 0 Å². The summed E-state index contributed by atoms with van der Waals surface area (Å²) in [6.07, 6.45) is 1.97. The lowest BCUT2D eigenvalue weighted by Gasteiger charge is -2.14. The van der Waals surface area contributed by atoms with Gasteiger partial charge in [-0.25, -0.2) is 9.59 Å². The number of aromatic carboxylic acids is 1. The number of carbonyl (C=O) groups excluding carboxylic acids is 1. The second-order valence-electron chi connectivity index (χ2n) is 4.51. The van der Waals surface area contributed by atoms with Gasteiger partial charge in [0.25, 0.3) is 0 Å². The third kappa shape index (κ3) is 4.74. The van der Waals surface area contributed by atoms with Crippen molar-refractivity contribution in [3.8, 4) is 0 Å². The number of halogens is 1. The van der Waals surface area contributed by atoms with E-state index >= 15 is 0 Å². The van der Waals surface area contributed by atoms with Crippen molar-refractivity contribution in [2.24, 2.45) is 5.92 Å². The van der Waals surface area contributed by atoms with E-state index in [4.69, 9.17) is 16.7 Å². The summed E-state index contributed by atoms with van der Waals surface area (Å²) in [4.78, 5) is 22.8. The Bertz CT molecular complexity index is 487. The van der Waals surface area contributed by atoms with Crippen LogP contribution in [0.25, 0.3) is 0 Å². The molecule has 0 saturated carbocycles. The van der Waals surface area contributed by atoms with E-state index < -0.39 is 12.0 Å². The van der Waals surface area contributed by atoms with Crippen LogP contribution in [-0.4, -0.2) is 23.7 Å². The zero-order valence-corrected chi connectivity index (χ0v) is 12.3. The fourth-order valence-corrected chi connectivity index (χ4v) is 1.96. The topological polar surface area (TPSA) is 78.4 Å². The molecule has 20 heavy (non-hydrogen) atoms.